The highest BCUT2D eigenvalue weighted by Crippen LogP contribution is 2.47. The van der Waals surface area contributed by atoms with Gasteiger partial charge in [-0.1, -0.05) is 13.8 Å². The first kappa shape index (κ1) is 10.7. The Morgan fingerprint density at radius 2 is 2.27 bits per heavy atom. The maximum absolute atomic E-state index is 9.24. The molecule has 3 heteroatoms. The quantitative estimate of drug-likeness (QED) is 0.802. The van der Waals surface area contributed by atoms with Crippen molar-refractivity contribution in [3.8, 4) is 0 Å². The molecule has 0 spiro atoms. The van der Waals surface area contributed by atoms with Gasteiger partial charge in [-0.2, -0.15) is 5.10 Å². The largest absolute Gasteiger partial charge is 0.396 e. The van der Waals surface area contributed by atoms with Gasteiger partial charge in [0.05, 0.1) is 6.20 Å². The summed E-state index contributed by atoms with van der Waals surface area (Å²) in [6.07, 6.45) is 7.38. The number of rotatable bonds is 5. The predicted molar refractivity (Wildman–Crippen MR) is 59.5 cm³/mol. The number of aliphatic hydroxyl groups is 1. The predicted octanol–water partition coefficient (Wildman–Crippen LogP) is 1.85. The van der Waals surface area contributed by atoms with Gasteiger partial charge in [-0.3, -0.25) is 4.68 Å². The number of aliphatic hydroxyl groups excluding tert-OH is 1. The van der Waals surface area contributed by atoms with Crippen LogP contribution in [-0.2, 0) is 13.0 Å². The van der Waals surface area contributed by atoms with Crippen molar-refractivity contribution in [2.75, 3.05) is 6.61 Å². The third-order valence-electron chi connectivity index (χ3n) is 3.11. The summed E-state index contributed by atoms with van der Waals surface area (Å²) >= 11 is 0. The molecule has 1 saturated carbocycles. The molecule has 2 rings (SSSR count). The van der Waals surface area contributed by atoms with E-state index in [1.165, 1.54) is 18.4 Å². The van der Waals surface area contributed by atoms with Crippen LogP contribution >= 0.6 is 0 Å². The topological polar surface area (TPSA) is 38.0 Å². The minimum absolute atomic E-state index is 0.200. The van der Waals surface area contributed by atoms with Gasteiger partial charge in [-0.15, -0.1) is 0 Å². The van der Waals surface area contributed by atoms with Gasteiger partial charge < -0.3 is 5.11 Å². The summed E-state index contributed by atoms with van der Waals surface area (Å²) in [5, 5.41) is 13.6. The van der Waals surface area contributed by atoms with E-state index in [0.717, 1.165) is 13.0 Å². The molecule has 1 fully saturated rings. The van der Waals surface area contributed by atoms with Crippen LogP contribution in [0.3, 0.4) is 0 Å². The average molecular weight is 208 g/mol. The molecule has 0 unspecified atom stereocenters. The van der Waals surface area contributed by atoms with Gasteiger partial charge in [0.15, 0.2) is 0 Å². The fraction of sp³-hybridized carbons (Fsp3) is 0.750. The average Bonchev–Trinajstić information content (AvgIpc) is 2.82. The molecular weight excluding hydrogens is 188 g/mol. The summed E-state index contributed by atoms with van der Waals surface area (Å²) < 4.78 is 2.01. The second-order valence-electron chi connectivity index (χ2n) is 5.30. The Labute approximate surface area is 91.1 Å². The number of hydrogen-bond donors (Lipinski definition) is 1. The molecule has 0 atom stereocenters. The minimum Gasteiger partial charge on any atom is -0.396 e. The van der Waals surface area contributed by atoms with E-state index < -0.39 is 0 Å². The molecule has 0 radical (unpaired) electrons. The van der Waals surface area contributed by atoms with Gasteiger partial charge in [-0.25, -0.2) is 0 Å². The highest BCUT2D eigenvalue weighted by molar-refractivity contribution is 5.11. The van der Waals surface area contributed by atoms with Gasteiger partial charge in [-0.05, 0) is 36.2 Å². The Bertz CT molecular complexity index is 326. The zero-order chi connectivity index (χ0) is 10.9. The van der Waals surface area contributed by atoms with Crippen molar-refractivity contribution in [1.29, 1.82) is 0 Å². The Kier molecular flexibility index (Phi) is 2.83. The molecule has 1 heterocycles. The molecule has 84 valence electrons. The lowest BCUT2D eigenvalue weighted by atomic mass is 10.00. The Morgan fingerprint density at radius 3 is 2.80 bits per heavy atom. The lowest BCUT2D eigenvalue weighted by Gasteiger charge is -2.08. The van der Waals surface area contributed by atoms with E-state index in [1.54, 1.807) is 0 Å². The maximum atomic E-state index is 9.24. The molecule has 0 aliphatic heterocycles. The van der Waals surface area contributed by atoms with Crippen LogP contribution in [0.25, 0.3) is 0 Å². The molecule has 0 saturated heterocycles. The number of nitrogens with zero attached hydrogens (tertiary/aromatic N) is 2. The van der Waals surface area contributed by atoms with Crippen molar-refractivity contribution in [2.24, 2.45) is 11.3 Å². The Hall–Kier alpha value is -0.830. The van der Waals surface area contributed by atoms with E-state index in [2.05, 4.69) is 25.1 Å². The standard InChI is InChI=1S/C12H20N2O/c1-10(2)7-14-8-11(6-13-14)5-12(9-15)3-4-12/h6,8,10,15H,3-5,7,9H2,1-2H3. The highest BCUT2D eigenvalue weighted by Gasteiger charge is 2.41. The van der Waals surface area contributed by atoms with Gasteiger partial charge in [0.2, 0.25) is 0 Å². The molecule has 1 aliphatic rings. The van der Waals surface area contributed by atoms with Crippen LogP contribution in [0.5, 0.6) is 0 Å². The van der Waals surface area contributed by atoms with Gasteiger partial charge in [0.1, 0.15) is 0 Å². The first-order valence-electron chi connectivity index (χ1n) is 5.76. The molecule has 1 aromatic rings. The molecule has 0 bridgehead atoms. The second-order valence-corrected chi connectivity index (χ2v) is 5.30. The smallest absolute Gasteiger partial charge is 0.0521 e. The Balaban J connectivity index is 1.95. The fourth-order valence-electron chi connectivity index (χ4n) is 1.97. The number of aromatic nitrogens is 2. The monoisotopic (exact) mass is 208 g/mol. The van der Waals surface area contributed by atoms with Crippen LogP contribution in [0, 0.1) is 11.3 Å². The molecule has 0 aromatic carbocycles. The lowest BCUT2D eigenvalue weighted by molar-refractivity contribution is 0.211. The number of hydrogen-bond acceptors (Lipinski definition) is 2. The molecule has 15 heavy (non-hydrogen) atoms. The van der Waals surface area contributed by atoms with Gasteiger partial charge in [0.25, 0.3) is 0 Å². The maximum Gasteiger partial charge on any atom is 0.0521 e. The van der Waals surface area contributed by atoms with Crippen molar-refractivity contribution < 1.29 is 5.11 Å². The fourth-order valence-corrected chi connectivity index (χ4v) is 1.97. The van der Waals surface area contributed by atoms with E-state index in [0.29, 0.717) is 12.5 Å². The molecule has 3 nitrogen and oxygen atoms in total. The van der Waals surface area contributed by atoms with Crippen LogP contribution in [0.2, 0.25) is 0 Å². The summed E-state index contributed by atoms with van der Waals surface area (Å²) in [5.74, 6) is 0.630. The Morgan fingerprint density at radius 1 is 1.53 bits per heavy atom. The first-order chi connectivity index (χ1) is 7.13. The molecular formula is C12H20N2O. The van der Waals surface area contributed by atoms with E-state index in [-0.39, 0.29) is 5.41 Å². The molecule has 0 amide bonds. The second kappa shape index (κ2) is 3.97. The lowest BCUT2D eigenvalue weighted by Crippen LogP contribution is -2.09. The summed E-state index contributed by atoms with van der Waals surface area (Å²) in [6, 6.07) is 0. The van der Waals surface area contributed by atoms with E-state index in [9.17, 15) is 5.11 Å². The van der Waals surface area contributed by atoms with Crippen LogP contribution < -0.4 is 0 Å². The normalized spacial score (nSPS) is 18.4. The zero-order valence-electron chi connectivity index (χ0n) is 9.61. The van der Waals surface area contributed by atoms with Crippen LogP contribution in [-0.4, -0.2) is 21.5 Å². The van der Waals surface area contributed by atoms with Crippen molar-refractivity contribution in [3.63, 3.8) is 0 Å². The zero-order valence-corrected chi connectivity index (χ0v) is 9.61. The van der Waals surface area contributed by atoms with Crippen LogP contribution in [0.15, 0.2) is 12.4 Å². The minimum atomic E-state index is 0.200. The van der Waals surface area contributed by atoms with Gasteiger partial charge >= 0.3 is 0 Å². The van der Waals surface area contributed by atoms with Gasteiger partial charge in [0, 0.05) is 19.3 Å². The summed E-state index contributed by atoms with van der Waals surface area (Å²) in [7, 11) is 0. The third kappa shape index (κ3) is 2.59. The molecule has 1 N–H and O–H groups in total. The van der Waals surface area contributed by atoms with Crippen LogP contribution in [0.4, 0.5) is 0 Å². The van der Waals surface area contributed by atoms with Crippen molar-refractivity contribution >= 4 is 0 Å². The SMILES string of the molecule is CC(C)Cn1cc(CC2(CO)CC2)cn1. The van der Waals surface area contributed by atoms with Crippen molar-refractivity contribution in [1.82, 2.24) is 9.78 Å². The molecule has 1 aromatic heterocycles. The van der Waals surface area contributed by atoms with E-state index in [4.69, 9.17) is 0 Å². The summed E-state index contributed by atoms with van der Waals surface area (Å²) in [6.45, 7) is 5.68. The van der Waals surface area contributed by atoms with E-state index in [1.807, 2.05) is 10.9 Å². The summed E-state index contributed by atoms with van der Waals surface area (Å²) in [4.78, 5) is 0. The summed E-state index contributed by atoms with van der Waals surface area (Å²) in [5.41, 5.74) is 1.47. The van der Waals surface area contributed by atoms with Crippen LogP contribution in [0.1, 0.15) is 32.3 Å². The molecule has 1 aliphatic carbocycles. The van der Waals surface area contributed by atoms with E-state index >= 15 is 0 Å². The van der Waals surface area contributed by atoms with Crippen molar-refractivity contribution in [3.05, 3.63) is 18.0 Å². The first-order valence-corrected chi connectivity index (χ1v) is 5.76. The van der Waals surface area contributed by atoms with Crippen molar-refractivity contribution in [2.45, 2.75) is 39.7 Å². The third-order valence-corrected chi connectivity index (χ3v) is 3.11. The highest BCUT2D eigenvalue weighted by atomic mass is 16.3.